The van der Waals surface area contributed by atoms with Gasteiger partial charge in [-0.05, 0) is 24.3 Å². The Balaban J connectivity index is 1.58. The van der Waals surface area contributed by atoms with Crippen molar-refractivity contribution in [3.63, 3.8) is 0 Å². The second-order valence-corrected chi connectivity index (χ2v) is 7.06. The summed E-state index contributed by atoms with van der Waals surface area (Å²) in [7, 11) is 1.80. The summed E-state index contributed by atoms with van der Waals surface area (Å²) in [6.07, 6.45) is 3.49. The molecule has 1 atom stereocenters. The van der Waals surface area contributed by atoms with Gasteiger partial charge in [-0.15, -0.1) is 0 Å². The van der Waals surface area contributed by atoms with Crippen LogP contribution in [0.1, 0.15) is 29.5 Å². The first-order valence-electron chi connectivity index (χ1n) is 8.08. The number of halogens is 1. The van der Waals surface area contributed by atoms with Gasteiger partial charge in [0.1, 0.15) is 5.82 Å². The van der Waals surface area contributed by atoms with Crippen LogP contribution in [0.15, 0.2) is 36.7 Å². The molecule has 2 aromatic rings. The maximum Gasteiger partial charge on any atom is 0.226 e. The number of carbonyl (C=O) groups is 2. The van der Waals surface area contributed by atoms with Crippen molar-refractivity contribution < 1.29 is 14.7 Å². The molecule has 1 amide bonds. The lowest BCUT2D eigenvalue weighted by Crippen LogP contribution is -2.63. The molecule has 0 aliphatic carbocycles. The minimum absolute atomic E-state index is 0.0996. The molecule has 1 unspecified atom stereocenters. The number of aliphatic hydroxyl groups is 1. The van der Waals surface area contributed by atoms with E-state index in [1.807, 2.05) is 0 Å². The van der Waals surface area contributed by atoms with Crippen molar-refractivity contribution in [3.05, 3.63) is 53.1 Å². The molecule has 0 spiro atoms. The molecular weight excluding hydrogens is 342 g/mol. The van der Waals surface area contributed by atoms with Crippen LogP contribution in [-0.4, -0.2) is 44.3 Å². The van der Waals surface area contributed by atoms with Gasteiger partial charge in [0.2, 0.25) is 5.91 Å². The quantitative estimate of drug-likeness (QED) is 0.827. The average molecular weight is 362 g/mol. The molecule has 0 saturated carbocycles. The molecular formula is C18H20ClN3O3. The predicted molar refractivity (Wildman–Crippen MR) is 93.2 cm³/mol. The third-order valence-electron chi connectivity index (χ3n) is 4.53. The lowest BCUT2D eigenvalue weighted by Gasteiger charge is -2.46. The van der Waals surface area contributed by atoms with Crippen molar-refractivity contribution in [1.82, 2.24) is 14.5 Å². The highest BCUT2D eigenvalue weighted by Crippen LogP contribution is 2.32. The largest absolute Gasteiger partial charge is 0.378 e. The van der Waals surface area contributed by atoms with Crippen LogP contribution < -0.4 is 0 Å². The number of ketones is 1. The first-order chi connectivity index (χ1) is 11.8. The second kappa shape index (κ2) is 6.61. The average Bonchev–Trinajstić information content (AvgIpc) is 2.98. The summed E-state index contributed by atoms with van der Waals surface area (Å²) in [6, 6.07) is 6.63. The first-order valence-corrected chi connectivity index (χ1v) is 8.46. The molecule has 2 heterocycles. The highest BCUT2D eigenvalue weighted by molar-refractivity contribution is 6.30. The Hall–Kier alpha value is -2.18. The van der Waals surface area contributed by atoms with Gasteiger partial charge in [0, 0.05) is 42.4 Å². The Morgan fingerprint density at radius 3 is 2.52 bits per heavy atom. The van der Waals surface area contributed by atoms with Gasteiger partial charge in [-0.1, -0.05) is 18.5 Å². The number of amides is 1. The van der Waals surface area contributed by atoms with Crippen molar-refractivity contribution in [2.75, 3.05) is 13.1 Å². The lowest BCUT2D eigenvalue weighted by molar-refractivity contribution is -0.162. The molecule has 1 aliphatic rings. The Morgan fingerprint density at radius 1 is 1.32 bits per heavy atom. The fourth-order valence-corrected chi connectivity index (χ4v) is 3.25. The van der Waals surface area contributed by atoms with Crippen molar-refractivity contribution in [1.29, 1.82) is 0 Å². The van der Waals surface area contributed by atoms with E-state index in [1.54, 1.807) is 60.1 Å². The molecule has 1 fully saturated rings. The highest BCUT2D eigenvalue weighted by Gasteiger charge is 2.48. The van der Waals surface area contributed by atoms with Crippen LogP contribution in [0.3, 0.4) is 0 Å². The van der Waals surface area contributed by atoms with E-state index in [9.17, 15) is 14.7 Å². The smallest absolute Gasteiger partial charge is 0.226 e. The van der Waals surface area contributed by atoms with Crippen molar-refractivity contribution >= 4 is 23.3 Å². The monoisotopic (exact) mass is 361 g/mol. The molecule has 1 saturated heterocycles. The maximum absolute atomic E-state index is 12.5. The van der Waals surface area contributed by atoms with Gasteiger partial charge in [-0.2, -0.15) is 0 Å². The minimum Gasteiger partial charge on any atom is -0.378 e. The number of rotatable bonds is 5. The van der Waals surface area contributed by atoms with Crippen molar-refractivity contribution in [2.24, 2.45) is 13.0 Å². The molecule has 1 aromatic carbocycles. The zero-order valence-corrected chi connectivity index (χ0v) is 14.9. The van der Waals surface area contributed by atoms with Crippen molar-refractivity contribution in [3.8, 4) is 0 Å². The fraction of sp³-hybridized carbons (Fsp3) is 0.389. The Bertz CT molecular complexity index is 794. The van der Waals surface area contributed by atoms with E-state index in [1.165, 1.54) is 0 Å². The summed E-state index contributed by atoms with van der Waals surface area (Å²) in [6.45, 7) is 2.11. The van der Waals surface area contributed by atoms with Gasteiger partial charge in [-0.25, -0.2) is 4.98 Å². The van der Waals surface area contributed by atoms with Crippen LogP contribution in [0.5, 0.6) is 0 Å². The van der Waals surface area contributed by atoms with E-state index < -0.39 is 11.5 Å². The van der Waals surface area contributed by atoms with E-state index in [0.29, 0.717) is 16.4 Å². The number of imidazole rings is 1. The summed E-state index contributed by atoms with van der Waals surface area (Å²) in [5, 5.41) is 11.1. The molecule has 6 nitrogen and oxygen atoms in total. The van der Waals surface area contributed by atoms with E-state index in [-0.39, 0.29) is 31.2 Å². The van der Waals surface area contributed by atoms with E-state index in [4.69, 9.17) is 11.6 Å². The summed E-state index contributed by atoms with van der Waals surface area (Å²) in [5.74, 6) is -0.144. The number of carbonyl (C=O) groups excluding carboxylic acids is 2. The predicted octanol–water partition coefficient (Wildman–Crippen LogP) is 2.01. The van der Waals surface area contributed by atoms with Crippen LogP contribution in [0.25, 0.3) is 0 Å². The van der Waals surface area contributed by atoms with Crippen LogP contribution in [-0.2, 0) is 17.4 Å². The molecule has 0 bridgehead atoms. The number of benzene rings is 1. The van der Waals surface area contributed by atoms with E-state index >= 15 is 0 Å². The Morgan fingerprint density at radius 2 is 1.96 bits per heavy atom. The summed E-state index contributed by atoms with van der Waals surface area (Å²) in [5.41, 5.74) is -0.578. The van der Waals surface area contributed by atoms with Gasteiger partial charge in [0.05, 0.1) is 13.1 Å². The molecule has 1 aliphatic heterocycles. The number of hydrogen-bond donors (Lipinski definition) is 1. The molecule has 3 rings (SSSR count). The number of nitrogens with zero attached hydrogens (tertiary/aromatic N) is 3. The molecule has 1 N–H and O–H groups in total. The number of hydrogen-bond acceptors (Lipinski definition) is 4. The van der Waals surface area contributed by atoms with Crippen LogP contribution in [0, 0.1) is 5.92 Å². The first kappa shape index (κ1) is 17.6. The standard InChI is InChI=1S/C18H20ClN3O3/c1-12(9-15(23)13-3-5-14(19)6-4-13)16(24)22-10-18(25,11-22)17-20-7-8-21(17)2/h3-8,12,25H,9-11H2,1-2H3. The number of likely N-dealkylation sites (tertiary alicyclic amines) is 1. The molecule has 0 radical (unpaired) electrons. The summed E-state index contributed by atoms with van der Waals surface area (Å²) in [4.78, 5) is 30.5. The molecule has 25 heavy (non-hydrogen) atoms. The molecule has 7 heteroatoms. The second-order valence-electron chi connectivity index (χ2n) is 6.62. The van der Waals surface area contributed by atoms with Gasteiger partial charge in [0.15, 0.2) is 11.4 Å². The summed E-state index contributed by atoms with van der Waals surface area (Å²) >= 11 is 5.82. The molecule has 1 aromatic heterocycles. The van der Waals surface area contributed by atoms with Crippen LogP contribution in [0.2, 0.25) is 5.02 Å². The zero-order chi connectivity index (χ0) is 18.2. The maximum atomic E-state index is 12.5. The number of aromatic nitrogens is 2. The number of aryl methyl sites for hydroxylation is 1. The summed E-state index contributed by atoms with van der Waals surface area (Å²) < 4.78 is 1.75. The van der Waals surface area contributed by atoms with Gasteiger partial charge in [-0.3, -0.25) is 9.59 Å². The highest BCUT2D eigenvalue weighted by atomic mass is 35.5. The number of β-amino-alcohol motifs (C(OH)–C–C–N with tert-alkyl or cyclic N) is 1. The van der Waals surface area contributed by atoms with Gasteiger partial charge < -0.3 is 14.6 Å². The normalized spacial score (nSPS) is 17.0. The van der Waals surface area contributed by atoms with E-state index in [2.05, 4.69) is 4.98 Å². The van der Waals surface area contributed by atoms with E-state index in [0.717, 1.165) is 0 Å². The lowest BCUT2D eigenvalue weighted by atomic mass is 9.90. The van der Waals surface area contributed by atoms with Crippen molar-refractivity contribution in [2.45, 2.75) is 18.9 Å². The van der Waals surface area contributed by atoms with Crippen LogP contribution >= 0.6 is 11.6 Å². The Labute approximate surface area is 151 Å². The third-order valence-corrected chi connectivity index (χ3v) is 4.79. The zero-order valence-electron chi connectivity index (χ0n) is 14.1. The third kappa shape index (κ3) is 3.45. The SMILES string of the molecule is CC(CC(=O)c1ccc(Cl)cc1)C(=O)N1CC(O)(c2nccn2C)C1. The molecule has 132 valence electrons. The van der Waals surface area contributed by atoms with Gasteiger partial charge in [0.25, 0.3) is 0 Å². The minimum atomic E-state index is -1.12. The topological polar surface area (TPSA) is 75.4 Å². The Kier molecular flexibility index (Phi) is 4.67. The van der Waals surface area contributed by atoms with Gasteiger partial charge >= 0.3 is 0 Å². The van der Waals surface area contributed by atoms with Crippen LogP contribution in [0.4, 0.5) is 0 Å². The number of Topliss-reactive ketones (excluding diaryl/α,β-unsaturated/α-hetero) is 1. The fourth-order valence-electron chi connectivity index (χ4n) is 3.13.